The molecule has 0 saturated heterocycles. The van der Waals surface area contributed by atoms with Crippen LogP contribution >= 0.6 is 0 Å². The molecule has 2 aromatic carbocycles. The maximum atomic E-state index is 10.6. The highest BCUT2D eigenvalue weighted by molar-refractivity contribution is 5.69. The minimum atomic E-state index is -1.03. The first-order chi connectivity index (χ1) is 14.4. The molecular formula is C24H26O6. The molecule has 2 aromatic rings. The lowest BCUT2D eigenvalue weighted by molar-refractivity contribution is 0.157. The number of hydrogen-bond donors (Lipinski definition) is 1. The topological polar surface area (TPSA) is 66.4 Å². The summed E-state index contributed by atoms with van der Waals surface area (Å²) in [6.45, 7) is 4.06. The number of fused-ring (bicyclic) bond motifs is 1. The molecule has 1 N–H and O–H groups in total. The molecule has 0 spiro atoms. The maximum absolute atomic E-state index is 10.6. The lowest BCUT2D eigenvalue weighted by atomic mass is 9.97. The fraction of sp³-hybridized carbons (Fsp3) is 0.333. The number of ether oxygens (including phenoxy) is 5. The van der Waals surface area contributed by atoms with Crippen LogP contribution in [0.2, 0.25) is 0 Å². The van der Waals surface area contributed by atoms with Crippen LogP contribution in [0.3, 0.4) is 0 Å². The van der Waals surface area contributed by atoms with E-state index in [9.17, 15) is 5.11 Å². The van der Waals surface area contributed by atoms with Crippen LogP contribution in [0.4, 0.5) is 0 Å². The molecule has 0 aliphatic carbocycles. The maximum Gasteiger partial charge on any atom is 0.164 e. The first-order valence-electron chi connectivity index (χ1n) is 9.49. The van der Waals surface area contributed by atoms with Gasteiger partial charge in [-0.05, 0) is 50.3 Å². The van der Waals surface area contributed by atoms with E-state index in [1.165, 1.54) is 0 Å². The SMILES string of the molecule is COc1ccc(OCC#CC(O)c2ccc3c(c2OC)C=CC(C)(C)O3)cc1OC. The monoisotopic (exact) mass is 410 g/mol. The van der Waals surface area contributed by atoms with Gasteiger partial charge in [0.1, 0.15) is 35.6 Å². The second-order valence-corrected chi connectivity index (χ2v) is 7.17. The van der Waals surface area contributed by atoms with Crippen LogP contribution in [-0.4, -0.2) is 38.6 Å². The van der Waals surface area contributed by atoms with Gasteiger partial charge < -0.3 is 28.8 Å². The summed E-state index contributed by atoms with van der Waals surface area (Å²) in [5.74, 6) is 8.67. The van der Waals surface area contributed by atoms with Crippen LogP contribution in [0.15, 0.2) is 36.4 Å². The molecule has 1 atom stereocenters. The molecule has 0 fully saturated rings. The van der Waals surface area contributed by atoms with Gasteiger partial charge in [0, 0.05) is 11.6 Å². The Morgan fingerprint density at radius 2 is 1.80 bits per heavy atom. The third kappa shape index (κ3) is 4.64. The molecule has 1 aliphatic rings. The number of rotatable bonds is 6. The minimum Gasteiger partial charge on any atom is -0.496 e. The van der Waals surface area contributed by atoms with Crippen molar-refractivity contribution in [3.63, 3.8) is 0 Å². The highest BCUT2D eigenvalue weighted by atomic mass is 16.5. The van der Waals surface area contributed by atoms with Crippen LogP contribution in [-0.2, 0) is 0 Å². The Morgan fingerprint density at radius 1 is 1.03 bits per heavy atom. The van der Waals surface area contributed by atoms with E-state index in [0.717, 1.165) is 5.56 Å². The van der Waals surface area contributed by atoms with Gasteiger partial charge in [-0.1, -0.05) is 11.8 Å². The fourth-order valence-corrected chi connectivity index (χ4v) is 3.13. The zero-order valence-corrected chi connectivity index (χ0v) is 17.8. The third-order valence-electron chi connectivity index (χ3n) is 4.61. The summed E-state index contributed by atoms with van der Waals surface area (Å²) < 4.78 is 27.6. The Labute approximate surface area is 177 Å². The van der Waals surface area contributed by atoms with E-state index in [4.69, 9.17) is 23.7 Å². The molecule has 0 amide bonds. The summed E-state index contributed by atoms with van der Waals surface area (Å²) in [6, 6.07) is 8.83. The third-order valence-corrected chi connectivity index (χ3v) is 4.61. The first kappa shape index (κ1) is 21.4. The molecule has 0 bridgehead atoms. The Balaban J connectivity index is 1.72. The molecule has 1 aliphatic heterocycles. The van der Waals surface area contributed by atoms with Crippen LogP contribution in [0.1, 0.15) is 31.1 Å². The van der Waals surface area contributed by atoms with Crippen molar-refractivity contribution in [3.8, 4) is 40.6 Å². The van der Waals surface area contributed by atoms with Crippen molar-refractivity contribution < 1.29 is 28.8 Å². The largest absolute Gasteiger partial charge is 0.496 e. The summed E-state index contributed by atoms with van der Waals surface area (Å²) in [4.78, 5) is 0. The predicted octanol–water partition coefficient (Wildman–Crippen LogP) is 4.01. The highest BCUT2D eigenvalue weighted by Crippen LogP contribution is 2.40. The van der Waals surface area contributed by atoms with E-state index in [1.54, 1.807) is 45.6 Å². The average Bonchev–Trinajstić information content (AvgIpc) is 2.74. The Kier molecular flexibility index (Phi) is 6.43. The minimum absolute atomic E-state index is 0.108. The average molecular weight is 410 g/mol. The summed E-state index contributed by atoms with van der Waals surface area (Å²) in [7, 11) is 4.70. The van der Waals surface area contributed by atoms with Gasteiger partial charge in [-0.2, -0.15) is 0 Å². The van der Waals surface area contributed by atoms with Gasteiger partial charge >= 0.3 is 0 Å². The van der Waals surface area contributed by atoms with Crippen molar-refractivity contribution in [1.82, 2.24) is 0 Å². The number of aliphatic hydroxyl groups is 1. The lowest BCUT2D eigenvalue weighted by Gasteiger charge is -2.29. The molecule has 6 heteroatoms. The molecule has 158 valence electrons. The standard InChI is InChI=1S/C24H26O6/c1-24(2)13-12-18-20(30-24)11-9-17(23(18)28-5)19(25)7-6-14-29-16-8-10-21(26-3)22(15-16)27-4/h8-13,15,19,25H,14H2,1-5H3. The van der Waals surface area contributed by atoms with E-state index in [-0.39, 0.29) is 12.2 Å². The smallest absolute Gasteiger partial charge is 0.164 e. The molecule has 1 unspecified atom stereocenters. The van der Waals surface area contributed by atoms with Gasteiger partial charge in [0.25, 0.3) is 0 Å². The van der Waals surface area contributed by atoms with Crippen molar-refractivity contribution in [2.75, 3.05) is 27.9 Å². The van der Waals surface area contributed by atoms with Gasteiger partial charge in [0.2, 0.25) is 0 Å². The second kappa shape index (κ2) is 9.02. The molecule has 3 rings (SSSR count). The van der Waals surface area contributed by atoms with Crippen molar-refractivity contribution >= 4 is 6.08 Å². The summed E-state index contributed by atoms with van der Waals surface area (Å²) >= 11 is 0. The van der Waals surface area contributed by atoms with Crippen molar-refractivity contribution in [2.24, 2.45) is 0 Å². The van der Waals surface area contributed by atoms with E-state index >= 15 is 0 Å². The number of methoxy groups -OCH3 is 3. The molecular weight excluding hydrogens is 384 g/mol. The molecule has 0 saturated carbocycles. The number of benzene rings is 2. The fourth-order valence-electron chi connectivity index (χ4n) is 3.13. The van der Waals surface area contributed by atoms with Gasteiger partial charge in [0.15, 0.2) is 11.5 Å². The number of aliphatic hydroxyl groups excluding tert-OH is 1. The summed E-state index contributed by atoms with van der Waals surface area (Å²) in [5, 5.41) is 10.6. The van der Waals surface area contributed by atoms with E-state index < -0.39 is 6.10 Å². The van der Waals surface area contributed by atoms with Crippen LogP contribution in [0, 0.1) is 11.8 Å². The highest BCUT2D eigenvalue weighted by Gasteiger charge is 2.26. The lowest BCUT2D eigenvalue weighted by Crippen LogP contribution is -2.27. The molecule has 30 heavy (non-hydrogen) atoms. The van der Waals surface area contributed by atoms with E-state index in [0.29, 0.717) is 34.3 Å². The van der Waals surface area contributed by atoms with Gasteiger partial charge in [-0.25, -0.2) is 0 Å². The first-order valence-corrected chi connectivity index (χ1v) is 9.49. The van der Waals surface area contributed by atoms with Gasteiger partial charge in [0.05, 0.1) is 26.9 Å². The molecule has 6 nitrogen and oxygen atoms in total. The van der Waals surface area contributed by atoms with Crippen LogP contribution in [0.5, 0.6) is 28.7 Å². The van der Waals surface area contributed by atoms with Gasteiger partial charge in [-0.3, -0.25) is 0 Å². The van der Waals surface area contributed by atoms with E-state index in [1.807, 2.05) is 32.1 Å². The van der Waals surface area contributed by atoms with Crippen molar-refractivity contribution in [2.45, 2.75) is 25.6 Å². The van der Waals surface area contributed by atoms with Crippen LogP contribution < -0.4 is 23.7 Å². The molecule has 0 radical (unpaired) electrons. The second-order valence-electron chi connectivity index (χ2n) is 7.17. The van der Waals surface area contributed by atoms with Crippen LogP contribution in [0.25, 0.3) is 6.08 Å². The summed E-state index contributed by atoms with van der Waals surface area (Å²) in [6.07, 6.45) is 2.88. The zero-order chi connectivity index (χ0) is 21.7. The Bertz CT molecular complexity index is 997. The summed E-state index contributed by atoms with van der Waals surface area (Å²) in [5.41, 5.74) is 0.971. The quantitative estimate of drug-likeness (QED) is 0.726. The number of hydrogen-bond acceptors (Lipinski definition) is 6. The Hall–Kier alpha value is -3.30. The predicted molar refractivity (Wildman–Crippen MR) is 115 cm³/mol. The van der Waals surface area contributed by atoms with Gasteiger partial charge in [-0.15, -0.1) is 0 Å². The van der Waals surface area contributed by atoms with E-state index in [2.05, 4.69) is 11.8 Å². The van der Waals surface area contributed by atoms with Crippen molar-refractivity contribution in [3.05, 3.63) is 47.5 Å². The molecule has 0 aromatic heterocycles. The zero-order valence-electron chi connectivity index (χ0n) is 17.8. The molecule has 1 heterocycles. The van der Waals surface area contributed by atoms with Crippen molar-refractivity contribution in [1.29, 1.82) is 0 Å². The normalized spacial score (nSPS) is 14.5. The Morgan fingerprint density at radius 3 is 2.50 bits per heavy atom.